The summed E-state index contributed by atoms with van der Waals surface area (Å²) in [5.74, 6) is 0. The van der Waals surface area contributed by atoms with E-state index < -0.39 is 36.2 Å². The lowest BCUT2D eigenvalue weighted by Crippen LogP contribution is -2.37. The van der Waals surface area contributed by atoms with Gasteiger partial charge in [-0.25, -0.2) is 9.97 Å². The van der Waals surface area contributed by atoms with E-state index in [4.69, 9.17) is 4.74 Å². The molecule has 1 aliphatic rings. The Morgan fingerprint density at radius 2 is 2.15 bits per heavy atom. The molecule has 5 atom stereocenters. The Labute approximate surface area is 112 Å². The summed E-state index contributed by atoms with van der Waals surface area (Å²) < 4.78 is 6.82. The first kappa shape index (κ1) is 13.2. The fraction of sp³-hybridized carbons (Fsp3) is 0.545. The highest BCUT2D eigenvalue weighted by Crippen LogP contribution is 2.32. The van der Waals surface area contributed by atoms with E-state index in [9.17, 15) is 20.1 Å². The van der Waals surface area contributed by atoms with Crippen molar-refractivity contribution in [3.8, 4) is 0 Å². The van der Waals surface area contributed by atoms with Crippen LogP contribution in [0.15, 0.2) is 17.4 Å². The van der Waals surface area contributed by atoms with E-state index in [2.05, 4.69) is 15.0 Å². The van der Waals surface area contributed by atoms with Crippen LogP contribution < -0.4 is 5.56 Å². The van der Waals surface area contributed by atoms with Crippen molar-refractivity contribution in [3.05, 3.63) is 23.0 Å². The molecule has 0 aromatic carbocycles. The number of ether oxygens (including phenoxy) is 1. The Kier molecular flexibility index (Phi) is 3.05. The largest absolute Gasteiger partial charge is 0.391 e. The maximum absolute atomic E-state index is 11.6. The van der Waals surface area contributed by atoms with E-state index in [-0.39, 0.29) is 11.2 Å². The van der Waals surface area contributed by atoms with Gasteiger partial charge < -0.3 is 25.0 Å². The summed E-state index contributed by atoms with van der Waals surface area (Å²) >= 11 is 0. The highest BCUT2D eigenvalue weighted by molar-refractivity contribution is 5.68. The van der Waals surface area contributed by atoms with Crippen LogP contribution in [0.25, 0.3) is 11.2 Å². The minimum atomic E-state index is -1.26. The van der Waals surface area contributed by atoms with Crippen LogP contribution >= 0.6 is 0 Å². The van der Waals surface area contributed by atoms with Crippen molar-refractivity contribution in [3.63, 3.8) is 0 Å². The lowest BCUT2D eigenvalue weighted by Gasteiger charge is -2.17. The molecular weight excluding hydrogens is 268 g/mol. The van der Waals surface area contributed by atoms with E-state index >= 15 is 0 Å². The molecule has 0 spiro atoms. The topological polar surface area (TPSA) is 133 Å². The van der Waals surface area contributed by atoms with Gasteiger partial charge in [-0.1, -0.05) is 0 Å². The number of aliphatic hydroxyl groups excluding tert-OH is 3. The zero-order chi connectivity index (χ0) is 14.4. The van der Waals surface area contributed by atoms with Gasteiger partial charge in [-0.05, 0) is 6.92 Å². The molecular formula is C11H14N4O5. The lowest BCUT2D eigenvalue weighted by molar-refractivity contribution is -0.0777. The van der Waals surface area contributed by atoms with Crippen molar-refractivity contribution >= 4 is 11.2 Å². The predicted octanol–water partition coefficient (Wildman–Crippen LogP) is -1.88. The van der Waals surface area contributed by atoms with Crippen molar-refractivity contribution in [2.24, 2.45) is 0 Å². The van der Waals surface area contributed by atoms with Gasteiger partial charge in [0.05, 0.1) is 18.8 Å². The van der Waals surface area contributed by atoms with E-state index in [1.807, 2.05) is 0 Å². The number of nitrogens with one attached hydrogen (secondary N) is 1. The first-order valence-electron chi connectivity index (χ1n) is 6.10. The minimum absolute atomic E-state index is 0.110. The molecule has 9 heteroatoms. The van der Waals surface area contributed by atoms with Crippen molar-refractivity contribution in [2.45, 2.75) is 37.6 Å². The van der Waals surface area contributed by atoms with Gasteiger partial charge in [-0.2, -0.15) is 0 Å². The number of H-pyrrole nitrogens is 1. The van der Waals surface area contributed by atoms with Gasteiger partial charge in [0, 0.05) is 0 Å². The van der Waals surface area contributed by atoms with Gasteiger partial charge in [0.1, 0.15) is 18.3 Å². The highest BCUT2D eigenvalue weighted by atomic mass is 16.6. The predicted molar refractivity (Wildman–Crippen MR) is 65.8 cm³/mol. The van der Waals surface area contributed by atoms with Crippen molar-refractivity contribution < 1.29 is 20.1 Å². The summed E-state index contributed by atoms with van der Waals surface area (Å²) in [6.45, 7) is 1.46. The quantitative estimate of drug-likeness (QED) is 0.506. The van der Waals surface area contributed by atoms with Gasteiger partial charge in [-0.15, -0.1) is 0 Å². The van der Waals surface area contributed by atoms with Crippen molar-refractivity contribution in [2.75, 3.05) is 0 Å². The van der Waals surface area contributed by atoms with Crippen molar-refractivity contribution in [1.82, 2.24) is 19.5 Å². The summed E-state index contributed by atoms with van der Waals surface area (Å²) in [6, 6.07) is 0. The molecule has 2 aromatic rings. The fourth-order valence-corrected chi connectivity index (χ4v) is 2.36. The highest BCUT2D eigenvalue weighted by Gasteiger charge is 2.46. The molecule has 0 saturated carbocycles. The van der Waals surface area contributed by atoms with Crippen LogP contribution in [-0.4, -0.2) is 59.3 Å². The van der Waals surface area contributed by atoms with Crippen LogP contribution in [0.2, 0.25) is 0 Å². The summed E-state index contributed by atoms with van der Waals surface area (Å²) in [7, 11) is 0. The van der Waals surface area contributed by atoms with E-state index in [0.717, 1.165) is 0 Å². The second kappa shape index (κ2) is 4.63. The molecule has 108 valence electrons. The Hall–Kier alpha value is -1.81. The number of aromatic nitrogens is 4. The fourth-order valence-electron chi connectivity index (χ4n) is 2.36. The molecule has 20 heavy (non-hydrogen) atoms. The van der Waals surface area contributed by atoms with Crippen LogP contribution in [0.5, 0.6) is 0 Å². The second-order valence-electron chi connectivity index (χ2n) is 4.77. The van der Waals surface area contributed by atoms with E-state index in [0.29, 0.717) is 0 Å². The SMILES string of the molecule is C[C@@H](O)[C@H]1O[C@@H](n2cnc3c(=O)[nH]cnc32)[C@H](O)[C@@H]1O. The first-order valence-corrected chi connectivity index (χ1v) is 6.10. The number of aliphatic hydroxyl groups is 3. The monoisotopic (exact) mass is 282 g/mol. The molecule has 9 nitrogen and oxygen atoms in total. The number of rotatable bonds is 2. The molecule has 3 heterocycles. The molecule has 1 aliphatic heterocycles. The molecule has 4 N–H and O–H groups in total. The number of hydrogen-bond donors (Lipinski definition) is 4. The zero-order valence-electron chi connectivity index (χ0n) is 10.5. The number of imidazole rings is 1. The lowest BCUT2D eigenvalue weighted by atomic mass is 10.1. The normalized spacial score (nSPS) is 31.8. The number of nitrogens with zero attached hydrogens (tertiary/aromatic N) is 3. The maximum atomic E-state index is 11.6. The molecule has 3 rings (SSSR count). The van der Waals surface area contributed by atoms with Crippen LogP contribution in [0.1, 0.15) is 13.2 Å². The molecule has 1 fully saturated rings. The third kappa shape index (κ3) is 1.83. The standard InChI is InChI=1S/C11H14N4O5/c1-4(16)8-6(17)7(18)11(20-8)15-3-14-5-9(15)12-2-13-10(5)19/h2-4,6-8,11,16-18H,1H3,(H,12,13,19)/t4-,6+,7-,8-,11-/m1/s1. The molecule has 0 aliphatic carbocycles. The Balaban J connectivity index is 2.04. The van der Waals surface area contributed by atoms with Crippen LogP contribution in [-0.2, 0) is 4.74 Å². The Morgan fingerprint density at radius 1 is 1.40 bits per heavy atom. The third-order valence-electron chi connectivity index (χ3n) is 3.39. The average Bonchev–Trinajstić information content (AvgIpc) is 2.94. The average molecular weight is 282 g/mol. The first-order chi connectivity index (χ1) is 9.50. The Bertz CT molecular complexity index is 681. The number of hydrogen-bond acceptors (Lipinski definition) is 7. The maximum Gasteiger partial charge on any atom is 0.278 e. The second-order valence-corrected chi connectivity index (χ2v) is 4.77. The van der Waals surface area contributed by atoms with Crippen LogP contribution in [0, 0.1) is 0 Å². The van der Waals surface area contributed by atoms with Gasteiger partial charge in [-0.3, -0.25) is 9.36 Å². The molecule has 2 aromatic heterocycles. The Morgan fingerprint density at radius 3 is 2.80 bits per heavy atom. The third-order valence-corrected chi connectivity index (χ3v) is 3.39. The number of aromatic amines is 1. The summed E-state index contributed by atoms with van der Waals surface area (Å²) in [5, 5.41) is 29.4. The molecule has 0 unspecified atom stereocenters. The minimum Gasteiger partial charge on any atom is -0.391 e. The molecule has 0 bridgehead atoms. The summed E-state index contributed by atoms with van der Waals surface area (Å²) in [5.41, 5.74) is -0.0663. The molecule has 0 radical (unpaired) electrons. The summed E-state index contributed by atoms with van der Waals surface area (Å²) in [6.07, 6.45) is -2.81. The number of fused-ring (bicyclic) bond motifs is 1. The van der Waals surface area contributed by atoms with Crippen LogP contribution in [0.3, 0.4) is 0 Å². The summed E-state index contributed by atoms with van der Waals surface area (Å²) in [4.78, 5) is 21.9. The van der Waals surface area contributed by atoms with E-state index in [1.165, 1.54) is 24.1 Å². The molecule has 0 amide bonds. The molecule has 1 saturated heterocycles. The van der Waals surface area contributed by atoms with Gasteiger partial charge in [0.25, 0.3) is 5.56 Å². The smallest absolute Gasteiger partial charge is 0.278 e. The zero-order valence-corrected chi connectivity index (χ0v) is 10.5. The van der Waals surface area contributed by atoms with Gasteiger partial charge in [0.2, 0.25) is 0 Å². The van der Waals surface area contributed by atoms with Gasteiger partial charge in [0.15, 0.2) is 17.4 Å². The van der Waals surface area contributed by atoms with Gasteiger partial charge >= 0.3 is 0 Å². The van der Waals surface area contributed by atoms with Crippen LogP contribution in [0.4, 0.5) is 0 Å². The van der Waals surface area contributed by atoms with Crippen molar-refractivity contribution in [1.29, 1.82) is 0 Å². The van der Waals surface area contributed by atoms with E-state index in [1.54, 1.807) is 0 Å².